The summed E-state index contributed by atoms with van der Waals surface area (Å²) >= 11 is 0. The van der Waals surface area contributed by atoms with Gasteiger partial charge in [0.2, 0.25) is 5.88 Å². The molecule has 3 heteroatoms. The molecular weight excluding hydrogens is 296 g/mol. The minimum absolute atomic E-state index is 0.286. The third-order valence-corrected chi connectivity index (χ3v) is 4.37. The van der Waals surface area contributed by atoms with Crippen LogP contribution in [0.1, 0.15) is 59.8 Å². The standard InChI is InChI=1S/C21H30N2O/c1-8-9-22-18(7)19-12-16(5)23-21(17(19)6)24-20-14(3)10-13(2)11-15(20)4/h10-12,18,22H,8-9H2,1-7H3. The van der Waals surface area contributed by atoms with Gasteiger partial charge in [0.25, 0.3) is 0 Å². The smallest absolute Gasteiger partial charge is 0.222 e. The Bertz CT molecular complexity index is 699. The van der Waals surface area contributed by atoms with E-state index in [1.54, 1.807) is 0 Å². The van der Waals surface area contributed by atoms with Crippen molar-refractivity contribution < 1.29 is 4.74 Å². The number of nitrogens with one attached hydrogen (secondary N) is 1. The molecule has 1 heterocycles. The maximum Gasteiger partial charge on any atom is 0.222 e. The van der Waals surface area contributed by atoms with Crippen LogP contribution < -0.4 is 10.1 Å². The van der Waals surface area contributed by atoms with Crippen LogP contribution in [0.25, 0.3) is 0 Å². The summed E-state index contributed by atoms with van der Waals surface area (Å²) in [6.45, 7) is 15.8. The Labute approximate surface area is 146 Å². The maximum atomic E-state index is 6.26. The molecule has 3 nitrogen and oxygen atoms in total. The summed E-state index contributed by atoms with van der Waals surface area (Å²) in [6, 6.07) is 6.75. The lowest BCUT2D eigenvalue weighted by molar-refractivity contribution is 0.447. The maximum absolute atomic E-state index is 6.26. The molecule has 0 fully saturated rings. The van der Waals surface area contributed by atoms with Gasteiger partial charge in [-0.2, -0.15) is 0 Å². The molecule has 1 aromatic heterocycles. The zero-order valence-corrected chi connectivity index (χ0v) is 16.1. The van der Waals surface area contributed by atoms with Gasteiger partial charge in [-0.15, -0.1) is 0 Å². The fourth-order valence-electron chi connectivity index (χ4n) is 3.18. The second-order valence-corrected chi connectivity index (χ2v) is 6.79. The number of ether oxygens (including phenoxy) is 1. The molecule has 0 aliphatic heterocycles. The van der Waals surface area contributed by atoms with Crippen LogP contribution in [0.5, 0.6) is 11.6 Å². The summed E-state index contributed by atoms with van der Waals surface area (Å²) in [5.41, 5.74) is 6.90. The van der Waals surface area contributed by atoms with Gasteiger partial charge in [0.15, 0.2) is 0 Å². The molecule has 130 valence electrons. The summed E-state index contributed by atoms with van der Waals surface area (Å²) < 4.78 is 6.26. The first-order valence-electron chi connectivity index (χ1n) is 8.80. The van der Waals surface area contributed by atoms with Crippen LogP contribution >= 0.6 is 0 Å². The van der Waals surface area contributed by atoms with Crippen LogP contribution in [0.15, 0.2) is 18.2 Å². The zero-order valence-electron chi connectivity index (χ0n) is 16.1. The van der Waals surface area contributed by atoms with E-state index in [0.717, 1.165) is 41.1 Å². The van der Waals surface area contributed by atoms with Gasteiger partial charge >= 0.3 is 0 Å². The Morgan fingerprint density at radius 1 is 1.04 bits per heavy atom. The number of nitrogens with zero attached hydrogens (tertiary/aromatic N) is 1. The number of benzene rings is 1. The van der Waals surface area contributed by atoms with Crippen molar-refractivity contribution in [1.29, 1.82) is 0 Å². The number of hydrogen-bond acceptors (Lipinski definition) is 3. The molecule has 1 N–H and O–H groups in total. The minimum atomic E-state index is 0.286. The molecule has 0 bridgehead atoms. The quantitative estimate of drug-likeness (QED) is 0.763. The topological polar surface area (TPSA) is 34.2 Å². The highest BCUT2D eigenvalue weighted by molar-refractivity contribution is 5.47. The highest BCUT2D eigenvalue weighted by atomic mass is 16.5. The molecule has 0 spiro atoms. The Balaban J connectivity index is 2.40. The number of hydrogen-bond donors (Lipinski definition) is 1. The second kappa shape index (κ2) is 7.80. The number of aromatic nitrogens is 1. The molecule has 0 saturated heterocycles. The first-order valence-corrected chi connectivity index (χ1v) is 8.80. The van der Waals surface area contributed by atoms with Gasteiger partial charge < -0.3 is 10.1 Å². The number of pyridine rings is 1. The first-order chi connectivity index (χ1) is 11.3. The van der Waals surface area contributed by atoms with Gasteiger partial charge in [0, 0.05) is 17.3 Å². The summed E-state index contributed by atoms with van der Waals surface area (Å²) in [5.74, 6) is 1.63. The van der Waals surface area contributed by atoms with Gasteiger partial charge in [-0.05, 0) is 77.3 Å². The Morgan fingerprint density at radius 3 is 2.25 bits per heavy atom. The Hall–Kier alpha value is -1.87. The van der Waals surface area contributed by atoms with E-state index in [1.165, 1.54) is 11.1 Å². The van der Waals surface area contributed by atoms with E-state index in [0.29, 0.717) is 5.88 Å². The Morgan fingerprint density at radius 2 is 1.67 bits per heavy atom. The average molecular weight is 326 g/mol. The molecule has 0 aliphatic carbocycles. The summed E-state index contributed by atoms with van der Waals surface area (Å²) in [6.07, 6.45) is 1.12. The van der Waals surface area contributed by atoms with E-state index in [1.807, 2.05) is 6.92 Å². The Kier molecular flexibility index (Phi) is 6.00. The molecule has 0 saturated carbocycles. The molecule has 1 aromatic carbocycles. The third kappa shape index (κ3) is 4.15. The predicted molar refractivity (Wildman–Crippen MR) is 101 cm³/mol. The van der Waals surface area contributed by atoms with Crippen LogP contribution in [-0.4, -0.2) is 11.5 Å². The van der Waals surface area contributed by atoms with Gasteiger partial charge in [-0.1, -0.05) is 24.6 Å². The van der Waals surface area contributed by atoms with Gasteiger partial charge in [-0.3, -0.25) is 0 Å². The summed E-state index contributed by atoms with van der Waals surface area (Å²) in [4.78, 5) is 4.65. The summed E-state index contributed by atoms with van der Waals surface area (Å²) in [7, 11) is 0. The van der Waals surface area contributed by atoms with Crippen LogP contribution in [0.2, 0.25) is 0 Å². The fraction of sp³-hybridized carbons (Fsp3) is 0.476. The molecule has 0 radical (unpaired) electrons. The SMILES string of the molecule is CCCNC(C)c1cc(C)nc(Oc2c(C)cc(C)cc2C)c1C. The van der Waals surface area contributed by atoms with Crippen molar-refractivity contribution in [2.24, 2.45) is 0 Å². The van der Waals surface area contributed by atoms with E-state index in [4.69, 9.17) is 4.74 Å². The van der Waals surface area contributed by atoms with Crippen molar-refractivity contribution in [2.75, 3.05) is 6.54 Å². The molecule has 1 atom stereocenters. The lowest BCUT2D eigenvalue weighted by atomic mass is 10.0. The van der Waals surface area contributed by atoms with E-state index in [2.05, 4.69) is 70.0 Å². The third-order valence-electron chi connectivity index (χ3n) is 4.37. The number of aryl methyl sites for hydroxylation is 4. The van der Waals surface area contributed by atoms with Gasteiger partial charge in [0.1, 0.15) is 5.75 Å². The molecule has 24 heavy (non-hydrogen) atoms. The van der Waals surface area contributed by atoms with Crippen molar-refractivity contribution in [3.63, 3.8) is 0 Å². The van der Waals surface area contributed by atoms with Crippen LogP contribution in [-0.2, 0) is 0 Å². The largest absolute Gasteiger partial charge is 0.438 e. The molecular formula is C21H30N2O. The first kappa shape index (κ1) is 18.5. The second-order valence-electron chi connectivity index (χ2n) is 6.79. The van der Waals surface area contributed by atoms with Gasteiger partial charge in [0.05, 0.1) is 0 Å². The van der Waals surface area contributed by atoms with Gasteiger partial charge in [-0.25, -0.2) is 4.98 Å². The average Bonchev–Trinajstić information content (AvgIpc) is 2.51. The minimum Gasteiger partial charge on any atom is -0.438 e. The monoisotopic (exact) mass is 326 g/mol. The molecule has 0 amide bonds. The van der Waals surface area contributed by atoms with E-state index in [-0.39, 0.29) is 6.04 Å². The molecule has 0 aliphatic rings. The molecule has 1 unspecified atom stereocenters. The van der Waals surface area contributed by atoms with Crippen LogP contribution in [0, 0.1) is 34.6 Å². The molecule has 2 rings (SSSR count). The van der Waals surface area contributed by atoms with Crippen molar-refractivity contribution in [1.82, 2.24) is 10.3 Å². The lowest BCUT2D eigenvalue weighted by Crippen LogP contribution is -2.20. The molecule has 2 aromatic rings. The van der Waals surface area contributed by atoms with Crippen LogP contribution in [0.4, 0.5) is 0 Å². The van der Waals surface area contributed by atoms with E-state index < -0.39 is 0 Å². The highest BCUT2D eigenvalue weighted by Gasteiger charge is 2.16. The highest BCUT2D eigenvalue weighted by Crippen LogP contribution is 2.33. The zero-order chi connectivity index (χ0) is 17.9. The summed E-state index contributed by atoms with van der Waals surface area (Å²) in [5, 5.41) is 3.55. The fourth-order valence-corrected chi connectivity index (χ4v) is 3.18. The number of rotatable bonds is 6. The van der Waals surface area contributed by atoms with Crippen molar-refractivity contribution in [2.45, 2.75) is 60.9 Å². The van der Waals surface area contributed by atoms with E-state index >= 15 is 0 Å². The van der Waals surface area contributed by atoms with Crippen molar-refractivity contribution in [3.8, 4) is 11.6 Å². The lowest BCUT2D eigenvalue weighted by Gasteiger charge is -2.20. The van der Waals surface area contributed by atoms with Crippen molar-refractivity contribution >= 4 is 0 Å². The van der Waals surface area contributed by atoms with Crippen molar-refractivity contribution in [3.05, 3.63) is 51.7 Å². The van der Waals surface area contributed by atoms with Crippen LogP contribution in [0.3, 0.4) is 0 Å². The predicted octanol–water partition coefficient (Wildman–Crippen LogP) is 5.48. The normalized spacial score (nSPS) is 12.3. The van der Waals surface area contributed by atoms with E-state index in [9.17, 15) is 0 Å².